The van der Waals surface area contributed by atoms with E-state index in [-0.39, 0.29) is 5.91 Å². The van der Waals surface area contributed by atoms with E-state index in [0.29, 0.717) is 17.5 Å². The van der Waals surface area contributed by atoms with Crippen LogP contribution in [0.5, 0.6) is 0 Å². The van der Waals surface area contributed by atoms with Crippen LogP contribution in [0, 0.1) is 0 Å². The second-order valence-corrected chi connectivity index (χ2v) is 6.07. The van der Waals surface area contributed by atoms with Crippen LogP contribution in [0.25, 0.3) is 0 Å². The van der Waals surface area contributed by atoms with E-state index in [1.807, 2.05) is 42.5 Å². The van der Waals surface area contributed by atoms with Crippen LogP contribution in [0.2, 0.25) is 0 Å². The normalized spacial score (nSPS) is 10.3. The van der Waals surface area contributed by atoms with Gasteiger partial charge in [-0.15, -0.1) is 5.10 Å². The summed E-state index contributed by atoms with van der Waals surface area (Å²) < 4.78 is 0. The second kappa shape index (κ2) is 9.28. The molecule has 0 bridgehead atoms. The van der Waals surface area contributed by atoms with E-state index >= 15 is 0 Å². The number of hydrogen-bond donors (Lipinski definition) is 3. The average Bonchev–Trinajstić information content (AvgIpc) is 2.66. The maximum atomic E-state index is 11.2. The maximum Gasteiger partial charge on any atom is 0.244 e. The number of aromatic nitrogens is 3. The lowest BCUT2D eigenvalue weighted by atomic mass is 10.1. The zero-order valence-electron chi connectivity index (χ0n) is 15.1. The smallest absolute Gasteiger partial charge is 0.244 e. The van der Waals surface area contributed by atoms with Crippen molar-refractivity contribution in [2.45, 2.75) is 19.8 Å². The molecule has 7 heteroatoms. The van der Waals surface area contributed by atoms with Crippen LogP contribution in [0.4, 0.5) is 23.1 Å². The number of benzene rings is 2. The van der Waals surface area contributed by atoms with E-state index in [4.69, 9.17) is 0 Å². The van der Waals surface area contributed by atoms with Gasteiger partial charge >= 0.3 is 0 Å². The van der Waals surface area contributed by atoms with Crippen molar-refractivity contribution < 1.29 is 4.79 Å². The van der Waals surface area contributed by atoms with Crippen LogP contribution in [0.15, 0.2) is 60.8 Å². The quantitative estimate of drug-likeness (QED) is 0.530. The van der Waals surface area contributed by atoms with Gasteiger partial charge in [-0.25, -0.2) is 0 Å². The molecule has 7 nitrogen and oxygen atoms in total. The van der Waals surface area contributed by atoms with Crippen molar-refractivity contribution in [2.75, 3.05) is 22.5 Å². The SMILES string of the molecule is CC(=O)Nc1cccc(Nc2cnnc(NCCCc3ccccc3)n2)c1. The highest BCUT2D eigenvalue weighted by atomic mass is 16.1. The van der Waals surface area contributed by atoms with Crippen molar-refractivity contribution >= 4 is 29.0 Å². The Labute approximate surface area is 158 Å². The summed E-state index contributed by atoms with van der Waals surface area (Å²) in [5.41, 5.74) is 2.83. The van der Waals surface area contributed by atoms with Gasteiger partial charge in [-0.1, -0.05) is 36.4 Å². The molecule has 0 radical (unpaired) electrons. The third-order valence-corrected chi connectivity index (χ3v) is 3.78. The number of anilines is 4. The highest BCUT2D eigenvalue weighted by Crippen LogP contribution is 2.19. The minimum atomic E-state index is -0.113. The van der Waals surface area contributed by atoms with Gasteiger partial charge in [0.15, 0.2) is 5.82 Å². The Hall–Kier alpha value is -3.48. The molecule has 0 saturated heterocycles. The monoisotopic (exact) mass is 362 g/mol. The van der Waals surface area contributed by atoms with Gasteiger partial charge in [0.05, 0.1) is 6.20 Å². The summed E-state index contributed by atoms with van der Waals surface area (Å²) in [4.78, 5) is 15.6. The third-order valence-electron chi connectivity index (χ3n) is 3.78. The fourth-order valence-electron chi connectivity index (χ4n) is 2.60. The standard InChI is InChI=1S/C20H22N6O/c1-15(27)23-17-10-5-11-18(13-17)24-19-14-22-26-20(25-19)21-12-6-9-16-7-3-2-4-8-16/h2-5,7-8,10-11,13-14H,6,9,12H2,1H3,(H,23,27)(H2,21,24,25,26). The molecule has 0 spiro atoms. The first kappa shape index (κ1) is 18.3. The summed E-state index contributed by atoms with van der Waals surface area (Å²) in [6.07, 6.45) is 3.53. The predicted octanol–water partition coefficient (Wildman–Crippen LogP) is 3.62. The molecule has 0 aliphatic carbocycles. The minimum Gasteiger partial charge on any atom is -0.353 e. The van der Waals surface area contributed by atoms with E-state index in [0.717, 1.165) is 25.1 Å². The number of nitrogens with one attached hydrogen (secondary N) is 3. The molecule has 1 heterocycles. The van der Waals surface area contributed by atoms with Crippen molar-refractivity contribution in [3.63, 3.8) is 0 Å². The molecule has 1 aromatic heterocycles. The number of nitrogens with zero attached hydrogens (tertiary/aromatic N) is 3. The fourth-order valence-corrected chi connectivity index (χ4v) is 2.60. The Balaban J connectivity index is 1.53. The van der Waals surface area contributed by atoms with Crippen molar-refractivity contribution in [1.29, 1.82) is 0 Å². The Morgan fingerprint density at radius 2 is 1.85 bits per heavy atom. The molecule has 138 valence electrons. The number of carbonyl (C=O) groups is 1. The highest BCUT2D eigenvalue weighted by molar-refractivity contribution is 5.89. The summed E-state index contributed by atoms with van der Waals surface area (Å²) >= 11 is 0. The largest absolute Gasteiger partial charge is 0.353 e. The number of hydrogen-bond acceptors (Lipinski definition) is 6. The topological polar surface area (TPSA) is 91.8 Å². The van der Waals surface area contributed by atoms with E-state index in [2.05, 4.69) is 43.3 Å². The fraction of sp³-hybridized carbons (Fsp3) is 0.200. The van der Waals surface area contributed by atoms with Crippen molar-refractivity contribution in [3.8, 4) is 0 Å². The average molecular weight is 362 g/mol. The molecule has 0 unspecified atom stereocenters. The van der Waals surface area contributed by atoms with Gasteiger partial charge in [-0.3, -0.25) is 4.79 Å². The Kier molecular flexibility index (Phi) is 6.30. The second-order valence-electron chi connectivity index (χ2n) is 6.07. The zero-order chi connectivity index (χ0) is 18.9. The summed E-state index contributed by atoms with van der Waals surface area (Å²) in [7, 11) is 0. The first-order chi connectivity index (χ1) is 13.2. The molecule has 0 atom stereocenters. The number of amides is 1. The molecular formula is C20H22N6O. The molecule has 3 aromatic rings. The highest BCUT2D eigenvalue weighted by Gasteiger charge is 2.03. The zero-order valence-corrected chi connectivity index (χ0v) is 15.1. The van der Waals surface area contributed by atoms with E-state index < -0.39 is 0 Å². The Morgan fingerprint density at radius 1 is 1.04 bits per heavy atom. The molecule has 2 aromatic carbocycles. The van der Waals surface area contributed by atoms with Crippen LogP contribution < -0.4 is 16.0 Å². The summed E-state index contributed by atoms with van der Waals surface area (Å²) in [5, 5.41) is 17.1. The minimum absolute atomic E-state index is 0.113. The molecule has 0 fully saturated rings. The Bertz CT molecular complexity index is 884. The lowest BCUT2D eigenvalue weighted by Gasteiger charge is -2.09. The lowest BCUT2D eigenvalue weighted by molar-refractivity contribution is -0.114. The van der Waals surface area contributed by atoms with Crippen molar-refractivity contribution in [3.05, 3.63) is 66.4 Å². The predicted molar refractivity (Wildman–Crippen MR) is 107 cm³/mol. The van der Waals surface area contributed by atoms with Gasteiger partial charge in [0.2, 0.25) is 11.9 Å². The van der Waals surface area contributed by atoms with E-state index in [1.54, 1.807) is 6.20 Å². The third kappa shape index (κ3) is 6.07. The first-order valence-electron chi connectivity index (χ1n) is 8.81. The van der Waals surface area contributed by atoms with Crippen LogP contribution in [0.3, 0.4) is 0 Å². The molecule has 3 rings (SSSR count). The van der Waals surface area contributed by atoms with Crippen molar-refractivity contribution in [1.82, 2.24) is 15.2 Å². The number of carbonyl (C=O) groups excluding carboxylic acids is 1. The number of rotatable bonds is 8. The van der Waals surface area contributed by atoms with E-state index in [9.17, 15) is 4.79 Å². The molecule has 0 aliphatic heterocycles. The molecule has 0 saturated carbocycles. The van der Waals surface area contributed by atoms with Crippen LogP contribution in [-0.2, 0) is 11.2 Å². The van der Waals surface area contributed by atoms with Gasteiger partial charge in [-0.2, -0.15) is 10.1 Å². The van der Waals surface area contributed by atoms with Gasteiger partial charge < -0.3 is 16.0 Å². The molecule has 1 amide bonds. The van der Waals surface area contributed by atoms with Crippen LogP contribution in [-0.4, -0.2) is 27.6 Å². The molecular weight excluding hydrogens is 340 g/mol. The van der Waals surface area contributed by atoms with Crippen molar-refractivity contribution in [2.24, 2.45) is 0 Å². The number of aryl methyl sites for hydroxylation is 1. The van der Waals surface area contributed by atoms with Gasteiger partial charge in [0, 0.05) is 24.8 Å². The van der Waals surface area contributed by atoms with Crippen LogP contribution >= 0.6 is 0 Å². The first-order valence-corrected chi connectivity index (χ1v) is 8.81. The molecule has 0 aliphatic rings. The Morgan fingerprint density at radius 3 is 2.67 bits per heavy atom. The van der Waals surface area contributed by atoms with Crippen LogP contribution in [0.1, 0.15) is 18.9 Å². The van der Waals surface area contributed by atoms with Gasteiger partial charge in [0.25, 0.3) is 0 Å². The van der Waals surface area contributed by atoms with Gasteiger partial charge in [-0.05, 0) is 36.6 Å². The summed E-state index contributed by atoms with van der Waals surface area (Å²) in [6.45, 7) is 2.24. The van der Waals surface area contributed by atoms with E-state index in [1.165, 1.54) is 12.5 Å². The molecule has 3 N–H and O–H groups in total. The molecule has 27 heavy (non-hydrogen) atoms. The lowest BCUT2D eigenvalue weighted by Crippen LogP contribution is -2.09. The van der Waals surface area contributed by atoms with Gasteiger partial charge in [0.1, 0.15) is 0 Å². The summed E-state index contributed by atoms with van der Waals surface area (Å²) in [5.74, 6) is 0.944. The maximum absolute atomic E-state index is 11.2. The summed E-state index contributed by atoms with van der Waals surface area (Å²) in [6, 6.07) is 17.8.